The third kappa shape index (κ3) is 5.10. The van der Waals surface area contributed by atoms with E-state index in [-0.39, 0.29) is 18.4 Å². The molecule has 2 aromatic heterocycles. The second-order valence-corrected chi connectivity index (χ2v) is 8.04. The Morgan fingerprint density at radius 2 is 2.12 bits per heavy atom. The summed E-state index contributed by atoms with van der Waals surface area (Å²) in [6.45, 7) is 6.13. The van der Waals surface area contributed by atoms with Crippen LogP contribution in [0, 0.1) is 6.92 Å². The van der Waals surface area contributed by atoms with Crippen LogP contribution in [0.5, 0.6) is 0 Å². The number of nitrogens with zero attached hydrogens (tertiary/aromatic N) is 3. The molecule has 1 aliphatic heterocycles. The van der Waals surface area contributed by atoms with Gasteiger partial charge in [0.05, 0.1) is 22.1 Å². The van der Waals surface area contributed by atoms with E-state index in [1.807, 2.05) is 23.3 Å². The van der Waals surface area contributed by atoms with Gasteiger partial charge in [-0.25, -0.2) is 4.98 Å². The maximum Gasteiger partial charge on any atom is 0.261 e. The molecule has 3 rings (SSSR count). The van der Waals surface area contributed by atoms with Crippen molar-refractivity contribution < 1.29 is 9.59 Å². The SMILES string of the molecule is Cc1nc(CN2CCCN(C(=O)CNC(=O)c3cccs3)CC2)cs1. The smallest absolute Gasteiger partial charge is 0.261 e. The second kappa shape index (κ2) is 8.55. The van der Waals surface area contributed by atoms with Gasteiger partial charge in [0.25, 0.3) is 5.91 Å². The van der Waals surface area contributed by atoms with Crippen LogP contribution in [0.15, 0.2) is 22.9 Å². The maximum atomic E-state index is 12.4. The molecule has 1 fully saturated rings. The molecule has 0 bridgehead atoms. The molecule has 0 spiro atoms. The second-order valence-electron chi connectivity index (χ2n) is 6.03. The Morgan fingerprint density at radius 3 is 2.84 bits per heavy atom. The zero-order valence-electron chi connectivity index (χ0n) is 14.2. The quantitative estimate of drug-likeness (QED) is 0.864. The van der Waals surface area contributed by atoms with Crippen molar-refractivity contribution in [2.45, 2.75) is 19.9 Å². The van der Waals surface area contributed by atoms with Crippen LogP contribution in [0.25, 0.3) is 0 Å². The molecule has 1 N–H and O–H groups in total. The zero-order chi connectivity index (χ0) is 17.6. The largest absolute Gasteiger partial charge is 0.342 e. The van der Waals surface area contributed by atoms with Gasteiger partial charge in [-0.3, -0.25) is 14.5 Å². The van der Waals surface area contributed by atoms with Crippen molar-refractivity contribution in [1.82, 2.24) is 20.1 Å². The molecule has 134 valence electrons. The van der Waals surface area contributed by atoms with E-state index in [1.165, 1.54) is 11.3 Å². The molecule has 1 aliphatic rings. The van der Waals surface area contributed by atoms with Crippen molar-refractivity contribution >= 4 is 34.5 Å². The highest BCUT2D eigenvalue weighted by atomic mass is 32.1. The lowest BCUT2D eigenvalue weighted by molar-refractivity contribution is -0.130. The molecule has 1 saturated heterocycles. The topological polar surface area (TPSA) is 65.5 Å². The molecule has 2 amide bonds. The van der Waals surface area contributed by atoms with Gasteiger partial charge in [-0.2, -0.15) is 0 Å². The molecular weight excluding hydrogens is 356 g/mol. The Morgan fingerprint density at radius 1 is 1.24 bits per heavy atom. The Hall–Kier alpha value is -1.77. The number of carbonyl (C=O) groups excluding carboxylic acids is 2. The first-order valence-corrected chi connectivity index (χ1v) is 10.1. The molecule has 8 heteroatoms. The van der Waals surface area contributed by atoms with Gasteiger partial charge in [-0.15, -0.1) is 22.7 Å². The fourth-order valence-corrected chi connectivity index (χ4v) is 4.09. The van der Waals surface area contributed by atoms with Crippen molar-refractivity contribution in [2.75, 3.05) is 32.7 Å². The Kier molecular flexibility index (Phi) is 6.17. The van der Waals surface area contributed by atoms with Crippen molar-refractivity contribution in [1.29, 1.82) is 0 Å². The van der Waals surface area contributed by atoms with Crippen LogP contribution in [-0.4, -0.2) is 59.3 Å². The van der Waals surface area contributed by atoms with Crippen LogP contribution in [0.4, 0.5) is 0 Å². The van der Waals surface area contributed by atoms with Gasteiger partial charge >= 0.3 is 0 Å². The summed E-state index contributed by atoms with van der Waals surface area (Å²) in [5, 5.41) is 7.75. The molecule has 25 heavy (non-hydrogen) atoms. The lowest BCUT2D eigenvalue weighted by atomic mass is 10.3. The van der Waals surface area contributed by atoms with E-state index >= 15 is 0 Å². The summed E-state index contributed by atoms with van der Waals surface area (Å²) >= 11 is 3.05. The highest BCUT2D eigenvalue weighted by Gasteiger charge is 2.20. The highest BCUT2D eigenvalue weighted by molar-refractivity contribution is 7.12. The minimum atomic E-state index is -0.182. The molecule has 0 saturated carbocycles. The lowest BCUT2D eigenvalue weighted by Gasteiger charge is -2.21. The summed E-state index contributed by atoms with van der Waals surface area (Å²) in [4.78, 5) is 33.6. The summed E-state index contributed by atoms with van der Waals surface area (Å²) < 4.78 is 0. The van der Waals surface area contributed by atoms with Gasteiger partial charge in [0.1, 0.15) is 0 Å². The summed E-state index contributed by atoms with van der Waals surface area (Å²) in [7, 11) is 0. The summed E-state index contributed by atoms with van der Waals surface area (Å²) in [5.41, 5.74) is 1.10. The number of nitrogens with one attached hydrogen (secondary N) is 1. The van der Waals surface area contributed by atoms with Gasteiger partial charge < -0.3 is 10.2 Å². The fraction of sp³-hybridized carbons (Fsp3) is 0.471. The van der Waals surface area contributed by atoms with E-state index in [4.69, 9.17) is 0 Å². The van der Waals surface area contributed by atoms with Gasteiger partial charge in [-0.1, -0.05) is 6.07 Å². The molecule has 0 aromatic carbocycles. The predicted octanol–water partition coefficient (Wildman–Crippen LogP) is 1.98. The number of amides is 2. The molecular formula is C17H22N4O2S2. The van der Waals surface area contributed by atoms with Crippen LogP contribution in [0.1, 0.15) is 26.8 Å². The first kappa shape index (κ1) is 18.0. The molecule has 0 unspecified atom stereocenters. The molecule has 0 radical (unpaired) electrons. The first-order valence-electron chi connectivity index (χ1n) is 8.34. The van der Waals surface area contributed by atoms with Crippen LogP contribution < -0.4 is 5.32 Å². The van der Waals surface area contributed by atoms with Crippen LogP contribution in [-0.2, 0) is 11.3 Å². The third-order valence-corrected chi connectivity index (χ3v) is 5.83. The van der Waals surface area contributed by atoms with Crippen LogP contribution in [0.3, 0.4) is 0 Å². The number of thiazole rings is 1. The highest BCUT2D eigenvalue weighted by Crippen LogP contribution is 2.12. The van der Waals surface area contributed by atoms with Gasteiger partial charge in [0, 0.05) is 38.1 Å². The summed E-state index contributed by atoms with van der Waals surface area (Å²) in [6.07, 6.45) is 0.938. The summed E-state index contributed by atoms with van der Waals surface area (Å²) in [6, 6.07) is 3.59. The number of rotatable bonds is 5. The molecule has 3 heterocycles. The van der Waals surface area contributed by atoms with E-state index in [0.717, 1.165) is 43.3 Å². The van der Waals surface area contributed by atoms with E-state index in [0.29, 0.717) is 11.4 Å². The minimum Gasteiger partial charge on any atom is -0.342 e. The number of aromatic nitrogens is 1. The number of hydrogen-bond donors (Lipinski definition) is 1. The normalized spacial score (nSPS) is 15.8. The van der Waals surface area contributed by atoms with Gasteiger partial charge in [-0.05, 0) is 24.8 Å². The third-order valence-electron chi connectivity index (χ3n) is 4.14. The number of thiophene rings is 1. The Labute approximate surface area is 155 Å². The first-order chi connectivity index (χ1) is 12.1. The average molecular weight is 379 g/mol. The average Bonchev–Trinajstić information content (AvgIpc) is 3.21. The fourth-order valence-electron chi connectivity index (χ4n) is 2.85. The molecule has 0 atom stereocenters. The van der Waals surface area contributed by atoms with Gasteiger partial charge in [0.15, 0.2) is 0 Å². The van der Waals surface area contributed by atoms with E-state index in [1.54, 1.807) is 17.4 Å². The molecule has 6 nitrogen and oxygen atoms in total. The Balaban J connectivity index is 1.45. The monoisotopic (exact) mass is 378 g/mol. The Bertz CT molecular complexity index is 714. The van der Waals surface area contributed by atoms with Crippen LogP contribution >= 0.6 is 22.7 Å². The maximum absolute atomic E-state index is 12.4. The minimum absolute atomic E-state index is 0.0174. The van der Waals surface area contributed by atoms with E-state index in [2.05, 4.69) is 20.6 Å². The van der Waals surface area contributed by atoms with E-state index < -0.39 is 0 Å². The zero-order valence-corrected chi connectivity index (χ0v) is 15.9. The number of aryl methyl sites for hydroxylation is 1. The van der Waals surface area contributed by atoms with Crippen molar-refractivity contribution in [2.24, 2.45) is 0 Å². The van der Waals surface area contributed by atoms with Crippen molar-refractivity contribution in [3.05, 3.63) is 38.5 Å². The molecule has 2 aromatic rings. The van der Waals surface area contributed by atoms with E-state index in [9.17, 15) is 9.59 Å². The summed E-state index contributed by atoms with van der Waals surface area (Å²) in [5.74, 6) is -0.199. The lowest BCUT2D eigenvalue weighted by Crippen LogP contribution is -2.41. The predicted molar refractivity (Wildman–Crippen MR) is 100.0 cm³/mol. The molecule has 0 aliphatic carbocycles. The number of carbonyl (C=O) groups is 2. The van der Waals surface area contributed by atoms with Crippen molar-refractivity contribution in [3.8, 4) is 0 Å². The standard InChI is InChI=1S/C17H22N4O2S2/c1-13-19-14(12-25-13)11-20-5-3-6-21(8-7-20)16(22)10-18-17(23)15-4-2-9-24-15/h2,4,9,12H,3,5-8,10-11H2,1H3,(H,18,23). The van der Waals surface area contributed by atoms with Crippen molar-refractivity contribution in [3.63, 3.8) is 0 Å². The van der Waals surface area contributed by atoms with Gasteiger partial charge in [0.2, 0.25) is 5.91 Å². The van der Waals surface area contributed by atoms with Crippen LogP contribution in [0.2, 0.25) is 0 Å². The number of hydrogen-bond acceptors (Lipinski definition) is 6.